The third kappa shape index (κ3) is 3.06. The quantitative estimate of drug-likeness (QED) is 0.540. The van der Waals surface area contributed by atoms with Gasteiger partial charge >= 0.3 is 0 Å². The second kappa shape index (κ2) is 5.76. The number of rotatable bonds is 2. The van der Waals surface area contributed by atoms with E-state index in [1.807, 2.05) is 0 Å². The Labute approximate surface area is 116 Å². The van der Waals surface area contributed by atoms with Gasteiger partial charge in [-0.25, -0.2) is 8.78 Å². The molecule has 1 aliphatic rings. The van der Waals surface area contributed by atoms with Gasteiger partial charge in [0.1, 0.15) is 11.6 Å². The summed E-state index contributed by atoms with van der Waals surface area (Å²) in [5, 5.41) is 0. The van der Waals surface area contributed by atoms with Gasteiger partial charge in [0.25, 0.3) is 0 Å². The summed E-state index contributed by atoms with van der Waals surface area (Å²) in [6.45, 7) is 0.688. The zero-order chi connectivity index (χ0) is 12.4. The number of hydrogen-bond donors (Lipinski definition) is 0. The summed E-state index contributed by atoms with van der Waals surface area (Å²) in [4.78, 5) is -0.301. The summed E-state index contributed by atoms with van der Waals surface area (Å²) in [5.41, 5.74) is 0.317. The number of alkyl halides is 1. The largest absolute Gasteiger partial charge is 0.377 e. The molecule has 1 saturated heterocycles. The molecule has 0 radical (unpaired) electrons. The summed E-state index contributed by atoms with van der Waals surface area (Å²) >= 11 is 6.37. The lowest BCUT2D eigenvalue weighted by Gasteiger charge is -2.27. The fourth-order valence-electron chi connectivity index (χ4n) is 1.95. The van der Waals surface area contributed by atoms with Crippen molar-refractivity contribution in [3.63, 3.8) is 0 Å². The first-order valence-electron chi connectivity index (χ1n) is 5.49. The number of halogens is 4. The monoisotopic (exact) mass is 368 g/mol. The molecule has 1 aromatic rings. The molecule has 2 unspecified atom stereocenters. The van der Waals surface area contributed by atoms with Crippen molar-refractivity contribution in [2.24, 2.45) is 0 Å². The van der Waals surface area contributed by atoms with Crippen molar-refractivity contribution in [1.29, 1.82) is 0 Å². The molecule has 1 nitrogen and oxygen atoms in total. The number of ether oxygens (including phenoxy) is 1. The van der Waals surface area contributed by atoms with Crippen LogP contribution in [0.4, 0.5) is 8.78 Å². The van der Waals surface area contributed by atoms with E-state index in [9.17, 15) is 8.78 Å². The number of benzene rings is 1. The van der Waals surface area contributed by atoms with E-state index in [-0.39, 0.29) is 15.4 Å². The van der Waals surface area contributed by atoms with Crippen molar-refractivity contribution in [2.75, 3.05) is 6.61 Å². The molecule has 0 spiro atoms. The highest BCUT2D eigenvalue weighted by Crippen LogP contribution is 2.36. The third-order valence-electron chi connectivity index (χ3n) is 2.88. The Morgan fingerprint density at radius 1 is 1.24 bits per heavy atom. The molecule has 0 bridgehead atoms. The van der Waals surface area contributed by atoms with Crippen LogP contribution in [0.3, 0.4) is 0 Å². The van der Waals surface area contributed by atoms with E-state index < -0.39 is 11.6 Å². The minimum absolute atomic E-state index is 0.0844. The van der Waals surface area contributed by atoms with Crippen LogP contribution < -0.4 is 0 Å². The Morgan fingerprint density at radius 2 is 2.00 bits per heavy atom. The first kappa shape index (κ1) is 13.4. The van der Waals surface area contributed by atoms with Crippen LogP contribution in [0.5, 0.6) is 0 Å². The van der Waals surface area contributed by atoms with Gasteiger partial charge in [0.15, 0.2) is 0 Å². The zero-order valence-electron chi connectivity index (χ0n) is 9.06. The highest BCUT2D eigenvalue weighted by Gasteiger charge is 2.26. The van der Waals surface area contributed by atoms with E-state index in [1.54, 1.807) is 0 Å². The molecular formula is C12H12Br2F2O. The van der Waals surface area contributed by atoms with Crippen LogP contribution in [-0.2, 0) is 4.74 Å². The molecule has 1 aliphatic heterocycles. The van der Waals surface area contributed by atoms with Crippen LogP contribution in [0.15, 0.2) is 16.6 Å². The maximum atomic E-state index is 13.8. The van der Waals surface area contributed by atoms with Crippen LogP contribution in [0.25, 0.3) is 0 Å². The van der Waals surface area contributed by atoms with Gasteiger partial charge in [-0.2, -0.15) is 0 Å². The van der Waals surface area contributed by atoms with Gasteiger partial charge in [-0.15, -0.1) is 0 Å². The van der Waals surface area contributed by atoms with Gasteiger partial charge in [0.2, 0.25) is 0 Å². The fourth-order valence-corrected chi connectivity index (χ4v) is 3.03. The average molecular weight is 370 g/mol. The molecule has 1 fully saturated rings. The number of hydrogen-bond acceptors (Lipinski definition) is 1. The molecule has 2 rings (SSSR count). The van der Waals surface area contributed by atoms with Crippen molar-refractivity contribution in [1.82, 2.24) is 0 Å². The lowest BCUT2D eigenvalue weighted by atomic mass is 10.0. The van der Waals surface area contributed by atoms with Gasteiger partial charge in [-0.1, -0.05) is 15.9 Å². The highest BCUT2D eigenvalue weighted by molar-refractivity contribution is 9.10. The van der Waals surface area contributed by atoms with Crippen molar-refractivity contribution in [3.8, 4) is 0 Å². The maximum Gasteiger partial charge on any atom is 0.137 e. The minimum atomic E-state index is -0.457. The van der Waals surface area contributed by atoms with E-state index >= 15 is 0 Å². The van der Waals surface area contributed by atoms with E-state index in [1.165, 1.54) is 6.07 Å². The normalized spacial score (nSPS) is 22.5. The first-order valence-corrected chi connectivity index (χ1v) is 7.20. The van der Waals surface area contributed by atoms with Crippen LogP contribution >= 0.6 is 31.9 Å². The third-order valence-corrected chi connectivity index (χ3v) is 4.57. The molecule has 2 atom stereocenters. The van der Waals surface area contributed by atoms with Gasteiger partial charge in [0, 0.05) is 12.2 Å². The molecule has 0 N–H and O–H groups in total. The molecule has 94 valence electrons. The van der Waals surface area contributed by atoms with E-state index in [0.717, 1.165) is 25.3 Å². The predicted molar refractivity (Wildman–Crippen MR) is 69.3 cm³/mol. The van der Waals surface area contributed by atoms with Gasteiger partial charge in [-0.3, -0.25) is 0 Å². The highest BCUT2D eigenvalue weighted by atomic mass is 79.9. The van der Waals surface area contributed by atoms with Crippen LogP contribution in [0, 0.1) is 11.6 Å². The lowest BCUT2D eigenvalue weighted by molar-refractivity contribution is 0.0155. The Hall–Kier alpha value is -0.000000000000000111. The van der Waals surface area contributed by atoms with Crippen molar-refractivity contribution in [2.45, 2.75) is 30.2 Å². The Kier molecular flexibility index (Phi) is 4.55. The Bertz CT molecular complexity index is 406. The molecule has 1 heterocycles. The first-order chi connectivity index (χ1) is 8.09. The molecule has 0 saturated carbocycles. The van der Waals surface area contributed by atoms with Gasteiger partial charge < -0.3 is 4.74 Å². The van der Waals surface area contributed by atoms with Crippen LogP contribution in [0.2, 0.25) is 0 Å². The molecule has 1 aromatic carbocycles. The Balaban J connectivity index is 2.23. The molecule has 17 heavy (non-hydrogen) atoms. The van der Waals surface area contributed by atoms with Gasteiger partial charge in [-0.05, 0) is 47.3 Å². The predicted octanol–water partition coefficient (Wildman–Crippen LogP) is 4.73. The summed E-state index contributed by atoms with van der Waals surface area (Å²) in [5.74, 6) is -0.879. The maximum absolute atomic E-state index is 13.8. The summed E-state index contributed by atoms with van der Waals surface area (Å²) in [7, 11) is 0. The Morgan fingerprint density at radius 3 is 2.65 bits per heavy atom. The summed E-state index contributed by atoms with van der Waals surface area (Å²) in [6.07, 6.45) is 2.88. The summed E-state index contributed by atoms with van der Waals surface area (Å²) < 4.78 is 32.9. The van der Waals surface area contributed by atoms with Gasteiger partial charge in [0.05, 0.1) is 15.4 Å². The second-order valence-corrected chi connectivity index (χ2v) is 5.94. The van der Waals surface area contributed by atoms with Crippen molar-refractivity contribution in [3.05, 3.63) is 33.8 Å². The van der Waals surface area contributed by atoms with Crippen LogP contribution in [-0.4, -0.2) is 12.7 Å². The SMILES string of the molecule is Fc1cc(C(Br)C2CCCCO2)c(F)cc1Br. The second-order valence-electron chi connectivity index (χ2n) is 4.09. The summed E-state index contributed by atoms with van der Waals surface area (Å²) in [6, 6.07) is 2.37. The smallest absolute Gasteiger partial charge is 0.137 e. The molecule has 0 aliphatic carbocycles. The zero-order valence-corrected chi connectivity index (χ0v) is 12.2. The lowest BCUT2D eigenvalue weighted by Crippen LogP contribution is -2.24. The van der Waals surface area contributed by atoms with Crippen molar-refractivity contribution < 1.29 is 13.5 Å². The molecule has 0 amide bonds. The van der Waals surface area contributed by atoms with E-state index in [4.69, 9.17) is 4.74 Å². The standard InChI is InChI=1S/C12H12Br2F2O/c13-8-6-9(15)7(5-10(8)16)12(14)11-3-1-2-4-17-11/h5-6,11-12H,1-4H2. The molecule has 0 aromatic heterocycles. The van der Waals surface area contributed by atoms with Crippen molar-refractivity contribution >= 4 is 31.9 Å². The topological polar surface area (TPSA) is 9.23 Å². The average Bonchev–Trinajstić information content (AvgIpc) is 2.34. The van der Waals surface area contributed by atoms with E-state index in [2.05, 4.69) is 31.9 Å². The minimum Gasteiger partial charge on any atom is -0.377 e. The van der Waals surface area contributed by atoms with Crippen LogP contribution in [0.1, 0.15) is 29.7 Å². The van der Waals surface area contributed by atoms with E-state index in [0.29, 0.717) is 12.2 Å². The molecule has 5 heteroatoms. The molecular weight excluding hydrogens is 358 g/mol. The fraction of sp³-hybridized carbons (Fsp3) is 0.500.